The molecule has 0 aromatic carbocycles. The lowest BCUT2D eigenvalue weighted by atomic mass is 10.3. The summed E-state index contributed by atoms with van der Waals surface area (Å²) in [5.41, 5.74) is 0. The second kappa shape index (κ2) is 5.42. The quantitative estimate of drug-likeness (QED) is 0.653. The SMILES string of the molecule is CCCNS(=O)(=O)N1CCNCC1C#N. The van der Waals surface area contributed by atoms with Gasteiger partial charge in [-0.15, -0.1) is 0 Å². The molecule has 1 atom stereocenters. The van der Waals surface area contributed by atoms with Gasteiger partial charge >= 0.3 is 0 Å². The number of hydrogen-bond acceptors (Lipinski definition) is 4. The fourth-order valence-electron chi connectivity index (χ4n) is 1.40. The predicted octanol–water partition coefficient (Wildman–Crippen LogP) is -0.972. The highest BCUT2D eigenvalue weighted by Crippen LogP contribution is 2.07. The van der Waals surface area contributed by atoms with Gasteiger partial charge in [-0.1, -0.05) is 6.92 Å². The molecule has 0 aromatic heterocycles. The van der Waals surface area contributed by atoms with E-state index in [4.69, 9.17) is 5.26 Å². The number of hydrogen-bond donors (Lipinski definition) is 2. The molecule has 0 radical (unpaired) electrons. The van der Waals surface area contributed by atoms with Gasteiger partial charge < -0.3 is 5.32 Å². The molecule has 1 fully saturated rings. The van der Waals surface area contributed by atoms with Crippen LogP contribution in [-0.2, 0) is 10.2 Å². The molecular formula is C8H16N4O2S. The summed E-state index contributed by atoms with van der Waals surface area (Å²) in [7, 11) is -3.49. The van der Waals surface area contributed by atoms with E-state index in [9.17, 15) is 8.42 Å². The number of rotatable bonds is 4. The maximum atomic E-state index is 11.7. The number of nitrogens with one attached hydrogen (secondary N) is 2. The van der Waals surface area contributed by atoms with Crippen molar-refractivity contribution >= 4 is 10.2 Å². The Bertz CT molecular complexity index is 335. The molecule has 15 heavy (non-hydrogen) atoms. The standard InChI is InChI=1S/C8H16N4O2S/c1-2-3-11-15(13,14)12-5-4-10-7-8(12)6-9/h8,10-11H,2-5,7H2,1H3. The third kappa shape index (κ3) is 3.14. The Labute approximate surface area is 90.4 Å². The zero-order valence-electron chi connectivity index (χ0n) is 8.73. The zero-order chi connectivity index (χ0) is 11.3. The smallest absolute Gasteiger partial charge is 0.280 e. The van der Waals surface area contributed by atoms with Gasteiger partial charge in [-0.2, -0.15) is 18.0 Å². The number of piperazine rings is 1. The van der Waals surface area contributed by atoms with Crippen LogP contribution >= 0.6 is 0 Å². The first-order valence-electron chi connectivity index (χ1n) is 4.98. The molecule has 0 spiro atoms. The van der Waals surface area contributed by atoms with Gasteiger partial charge in [-0.25, -0.2) is 4.72 Å². The van der Waals surface area contributed by atoms with Gasteiger partial charge in [0.15, 0.2) is 0 Å². The average molecular weight is 232 g/mol. The van der Waals surface area contributed by atoms with E-state index in [1.165, 1.54) is 4.31 Å². The highest BCUT2D eigenvalue weighted by Gasteiger charge is 2.31. The van der Waals surface area contributed by atoms with Crippen molar-refractivity contribution in [2.75, 3.05) is 26.2 Å². The van der Waals surface area contributed by atoms with Crippen molar-refractivity contribution in [1.82, 2.24) is 14.3 Å². The zero-order valence-corrected chi connectivity index (χ0v) is 9.55. The number of nitrogens with zero attached hydrogens (tertiary/aromatic N) is 2. The molecule has 1 unspecified atom stereocenters. The summed E-state index contributed by atoms with van der Waals surface area (Å²) < 4.78 is 27.2. The van der Waals surface area contributed by atoms with E-state index in [0.29, 0.717) is 26.2 Å². The normalized spacial score (nSPS) is 23.6. The second-order valence-electron chi connectivity index (χ2n) is 3.36. The molecule has 7 heteroatoms. The van der Waals surface area contributed by atoms with Crippen molar-refractivity contribution in [1.29, 1.82) is 5.26 Å². The van der Waals surface area contributed by atoms with E-state index >= 15 is 0 Å². The van der Waals surface area contributed by atoms with Crippen LogP contribution in [0.2, 0.25) is 0 Å². The van der Waals surface area contributed by atoms with Gasteiger partial charge in [-0.05, 0) is 6.42 Å². The van der Waals surface area contributed by atoms with Crippen molar-refractivity contribution < 1.29 is 8.42 Å². The summed E-state index contributed by atoms with van der Waals surface area (Å²) in [6, 6.07) is 1.38. The minimum absolute atomic E-state index is 0.345. The second-order valence-corrected chi connectivity index (χ2v) is 5.07. The molecule has 1 aliphatic rings. The summed E-state index contributed by atoms with van der Waals surface area (Å²) in [5.74, 6) is 0. The summed E-state index contributed by atoms with van der Waals surface area (Å²) in [5, 5.41) is 11.8. The van der Waals surface area contributed by atoms with Crippen LogP contribution in [0.3, 0.4) is 0 Å². The Morgan fingerprint density at radius 3 is 3.00 bits per heavy atom. The molecule has 6 nitrogen and oxygen atoms in total. The number of nitriles is 1. The van der Waals surface area contributed by atoms with Gasteiger partial charge in [0.05, 0.1) is 6.07 Å². The molecule has 0 saturated carbocycles. The lowest BCUT2D eigenvalue weighted by Crippen LogP contribution is -2.56. The van der Waals surface area contributed by atoms with E-state index in [1.807, 2.05) is 13.0 Å². The Kier molecular flexibility index (Phi) is 4.47. The van der Waals surface area contributed by atoms with Crippen LogP contribution in [-0.4, -0.2) is 44.9 Å². The van der Waals surface area contributed by atoms with E-state index < -0.39 is 16.3 Å². The highest BCUT2D eigenvalue weighted by molar-refractivity contribution is 7.87. The third-order valence-corrected chi connectivity index (χ3v) is 3.81. The molecule has 0 bridgehead atoms. The van der Waals surface area contributed by atoms with Crippen molar-refractivity contribution in [2.45, 2.75) is 19.4 Å². The van der Waals surface area contributed by atoms with Crippen LogP contribution in [0.25, 0.3) is 0 Å². The van der Waals surface area contributed by atoms with Gasteiger partial charge in [0.1, 0.15) is 6.04 Å². The molecule has 1 heterocycles. The van der Waals surface area contributed by atoms with Crippen molar-refractivity contribution in [2.24, 2.45) is 0 Å². The van der Waals surface area contributed by atoms with Gasteiger partial charge in [0.2, 0.25) is 0 Å². The van der Waals surface area contributed by atoms with Gasteiger partial charge in [0, 0.05) is 26.2 Å². The summed E-state index contributed by atoms with van der Waals surface area (Å²) in [4.78, 5) is 0. The van der Waals surface area contributed by atoms with E-state index in [0.717, 1.165) is 6.42 Å². The summed E-state index contributed by atoms with van der Waals surface area (Å²) in [6.45, 7) is 3.62. The average Bonchev–Trinajstić information content (AvgIpc) is 2.26. The van der Waals surface area contributed by atoms with Gasteiger partial charge in [0.25, 0.3) is 10.2 Å². The summed E-state index contributed by atoms with van der Waals surface area (Å²) >= 11 is 0. The topological polar surface area (TPSA) is 85.2 Å². The molecule has 0 amide bonds. The molecule has 1 aliphatic heterocycles. The van der Waals surface area contributed by atoms with E-state index in [1.54, 1.807) is 0 Å². The fourth-order valence-corrected chi connectivity index (χ4v) is 2.81. The van der Waals surface area contributed by atoms with Crippen LogP contribution in [0.5, 0.6) is 0 Å². The van der Waals surface area contributed by atoms with Crippen LogP contribution < -0.4 is 10.0 Å². The first-order chi connectivity index (χ1) is 7.11. The largest absolute Gasteiger partial charge is 0.313 e. The van der Waals surface area contributed by atoms with Crippen LogP contribution in [0.15, 0.2) is 0 Å². The first kappa shape index (κ1) is 12.4. The fraction of sp³-hybridized carbons (Fsp3) is 0.875. The van der Waals surface area contributed by atoms with Crippen molar-refractivity contribution in [3.63, 3.8) is 0 Å². The molecule has 0 aromatic rings. The highest BCUT2D eigenvalue weighted by atomic mass is 32.2. The van der Waals surface area contributed by atoms with Crippen LogP contribution in [0.1, 0.15) is 13.3 Å². The third-order valence-electron chi connectivity index (χ3n) is 2.19. The monoisotopic (exact) mass is 232 g/mol. The Morgan fingerprint density at radius 1 is 1.67 bits per heavy atom. The van der Waals surface area contributed by atoms with Crippen molar-refractivity contribution in [3.8, 4) is 6.07 Å². The van der Waals surface area contributed by atoms with E-state index in [-0.39, 0.29) is 0 Å². The molecule has 0 aliphatic carbocycles. The molecule has 2 N–H and O–H groups in total. The molecular weight excluding hydrogens is 216 g/mol. The summed E-state index contributed by atoms with van der Waals surface area (Å²) in [6.07, 6.45) is 0.739. The van der Waals surface area contributed by atoms with Crippen LogP contribution in [0.4, 0.5) is 0 Å². The first-order valence-corrected chi connectivity index (χ1v) is 6.42. The Morgan fingerprint density at radius 2 is 2.40 bits per heavy atom. The Balaban J connectivity index is 2.71. The molecule has 86 valence electrons. The maximum absolute atomic E-state index is 11.7. The lowest BCUT2D eigenvalue weighted by molar-refractivity contribution is 0.307. The van der Waals surface area contributed by atoms with Crippen molar-refractivity contribution in [3.05, 3.63) is 0 Å². The minimum Gasteiger partial charge on any atom is -0.313 e. The molecule has 1 saturated heterocycles. The van der Waals surface area contributed by atoms with Crippen LogP contribution in [0, 0.1) is 11.3 Å². The maximum Gasteiger partial charge on any atom is 0.280 e. The Hall–Kier alpha value is -0.680. The lowest BCUT2D eigenvalue weighted by Gasteiger charge is -2.30. The molecule has 1 rings (SSSR count). The predicted molar refractivity (Wildman–Crippen MR) is 56.2 cm³/mol. The minimum atomic E-state index is -3.49. The van der Waals surface area contributed by atoms with Gasteiger partial charge in [-0.3, -0.25) is 0 Å². The van der Waals surface area contributed by atoms with E-state index in [2.05, 4.69) is 10.0 Å².